The van der Waals surface area contributed by atoms with Crippen molar-refractivity contribution in [1.29, 1.82) is 0 Å². The molecule has 0 bridgehead atoms. The molecule has 0 aromatic carbocycles. The van der Waals surface area contributed by atoms with Crippen molar-refractivity contribution in [2.45, 2.75) is 18.1 Å². The van der Waals surface area contributed by atoms with Crippen LogP contribution in [0.4, 0.5) is 0 Å². The Bertz CT molecular complexity index is 225. The van der Waals surface area contributed by atoms with Crippen LogP contribution in [0.5, 0.6) is 0 Å². The van der Waals surface area contributed by atoms with Gasteiger partial charge in [-0.3, -0.25) is 14.5 Å². The van der Waals surface area contributed by atoms with E-state index in [-0.39, 0.29) is 11.6 Å². The van der Waals surface area contributed by atoms with Crippen molar-refractivity contribution in [2.24, 2.45) is 0 Å². The van der Waals surface area contributed by atoms with Gasteiger partial charge >= 0.3 is 0 Å². The second kappa shape index (κ2) is 3.40. The number of hydrogen-bond acceptors (Lipinski definition) is 5. The summed E-state index contributed by atoms with van der Waals surface area (Å²) in [6.07, 6.45) is 0. The topological polar surface area (TPSA) is 37.4 Å². The van der Waals surface area contributed by atoms with Crippen molar-refractivity contribution in [2.75, 3.05) is 13.6 Å². The number of likely N-dealkylation sites (N-methyl/N-ethyl adjacent to an activating group) is 1. The van der Waals surface area contributed by atoms with Gasteiger partial charge in [0.05, 0.1) is 6.54 Å². The highest BCUT2D eigenvalue weighted by Gasteiger charge is 2.54. The summed E-state index contributed by atoms with van der Waals surface area (Å²) >= 11 is 0. The van der Waals surface area contributed by atoms with Crippen molar-refractivity contribution in [1.82, 2.24) is 4.90 Å². The zero-order valence-corrected chi connectivity index (χ0v) is 8.92. The fraction of sp³-hybridized carbons (Fsp3) is 0.714. The Morgan fingerprint density at radius 1 is 1.33 bits per heavy atom. The van der Waals surface area contributed by atoms with Crippen LogP contribution in [-0.4, -0.2) is 34.3 Å². The lowest BCUT2D eigenvalue weighted by atomic mass is 10.3. The van der Waals surface area contributed by atoms with Crippen molar-refractivity contribution in [3.05, 3.63) is 0 Å². The molecular weight excluding hydrogens is 194 g/mol. The largest absolute Gasteiger partial charge is 0.299 e. The summed E-state index contributed by atoms with van der Waals surface area (Å²) < 4.78 is -0.453. The minimum absolute atomic E-state index is 0.0891. The Balaban J connectivity index is 2.57. The van der Waals surface area contributed by atoms with Crippen molar-refractivity contribution >= 4 is 33.2 Å². The predicted octanol–water partition coefficient (Wildman–Crippen LogP) is 1.15. The summed E-state index contributed by atoms with van der Waals surface area (Å²) in [6, 6.07) is 0. The highest BCUT2D eigenvalue weighted by molar-refractivity contribution is 8.94. The number of carbonyl (C=O) groups excluding carboxylic acids is 2. The van der Waals surface area contributed by atoms with Crippen LogP contribution in [0.1, 0.15) is 13.8 Å². The highest BCUT2D eigenvalue weighted by Crippen LogP contribution is 2.66. The zero-order valence-electron chi connectivity index (χ0n) is 7.29. The molecule has 1 rings (SSSR count). The Hall–Kier alpha value is 0. The summed E-state index contributed by atoms with van der Waals surface area (Å²) in [5.41, 5.74) is 0. The Kier molecular flexibility index (Phi) is 2.85. The molecule has 0 aliphatic carbocycles. The lowest BCUT2D eigenvalue weighted by Crippen LogP contribution is -2.40. The van der Waals surface area contributed by atoms with E-state index in [2.05, 4.69) is 0 Å². The third-order valence-corrected chi connectivity index (χ3v) is 4.78. The van der Waals surface area contributed by atoms with Gasteiger partial charge in [0.1, 0.15) is 5.78 Å². The molecule has 5 heteroatoms. The Labute approximate surface area is 79.7 Å². The van der Waals surface area contributed by atoms with E-state index in [9.17, 15) is 9.59 Å². The molecule has 1 aliphatic rings. The average Bonchev–Trinajstić information content (AvgIpc) is 2.63. The molecule has 0 aromatic rings. The maximum Gasteiger partial charge on any atom is 0.193 e. The molecule has 1 saturated heterocycles. The predicted molar refractivity (Wildman–Crippen MR) is 51.9 cm³/mol. The number of carbonyl (C=O) groups is 2. The monoisotopic (exact) mass is 205 g/mol. The smallest absolute Gasteiger partial charge is 0.193 e. The summed E-state index contributed by atoms with van der Waals surface area (Å²) in [4.78, 5) is 23.7. The highest BCUT2D eigenvalue weighted by atomic mass is 33.2. The summed E-state index contributed by atoms with van der Waals surface area (Å²) in [6.45, 7) is 3.44. The van der Waals surface area contributed by atoms with Gasteiger partial charge in [-0.05, 0) is 42.5 Å². The lowest BCUT2D eigenvalue weighted by molar-refractivity contribution is -0.121. The standard InChI is InChI=1S/C7H11NO2S2/c1-5(9)4-8(3)7(6(2)10)11-12-7/h4H2,1-3H3. The molecule has 0 saturated carbocycles. The maximum atomic E-state index is 11.2. The van der Waals surface area contributed by atoms with Crippen molar-refractivity contribution in [3.8, 4) is 0 Å². The van der Waals surface area contributed by atoms with Crippen molar-refractivity contribution < 1.29 is 9.59 Å². The van der Waals surface area contributed by atoms with Gasteiger partial charge in [-0.2, -0.15) is 0 Å². The molecule has 0 atom stereocenters. The molecule has 0 aromatic heterocycles. The SMILES string of the molecule is CC(=O)CN(C)C1(C(C)=O)SS1. The molecular formula is C7H11NO2S2. The normalized spacial score (nSPS) is 19.3. The van der Waals surface area contributed by atoms with Crippen molar-refractivity contribution in [3.63, 3.8) is 0 Å². The first kappa shape index (κ1) is 10.1. The van der Waals surface area contributed by atoms with Gasteiger partial charge in [-0.15, -0.1) is 0 Å². The molecule has 0 radical (unpaired) electrons. The molecule has 0 N–H and O–H groups in total. The van der Waals surface area contributed by atoms with E-state index < -0.39 is 4.20 Å². The molecule has 0 spiro atoms. The zero-order chi connectivity index (χ0) is 9.35. The van der Waals surface area contributed by atoms with Gasteiger partial charge in [0, 0.05) is 0 Å². The molecule has 3 nitrogen and oxygen atoms in total. The Morgan fingerprint density at radius 3 is 2.08 bits per heavy atom. The number of Topliss-reactive ketones (excluding diaryl/α,β-unsaturated/α-hetero) is 2. The van der Waals surface area contributed by atoms with E-state index in [4.69, 9.17) is 0 Å². The van der Waals surface area contributed by atoms with E-state index in [0.29, 0.717) is 6.54 Å². The van der Waals surface area contributed by atoms with Gasteiger partial charge in [-0.25, -0.2) is 0 Å². The molecule has 1 heterocycles. The molecule has 1 fully saturated rings. The number of rotatable bonds is 4. The minimum Gasteiger partial charge on any atom is -0.299 e. The third kappa shape index (κ3) is 1.84. The first-order chi connectivity index (χ1) is 5.49. The van der Waals surface area contributed by atoms with Gasteiger partial charge in [0.2, 0.25) is 0 Å². The quantitative estimate of drug-likeness (QED) is 0.508. The van der Waals surface area contributed by atoms with Gasteiger partial charge in [0.25, 0.3) is 0 Å². The fourth-order valence-electron chi connectivity index (χ4n) is 0.991. The van der Waals surface area contributed by atoms with E-state index in [0.717, 1.165) is 0 Å². The number of nitrogens with zero attached hydrogens (tertiary/aromatic N) is 1. The van der Waals surface area contributed by atoms with Crippen LogP contribution in [0.3, 0.4) is 0 Å². The van der Waals surface area contributed by atoms with Crippen LogP contribution in [0.2, 0.25) is 0 Å². The first-order valence-electron chi connectivity index (χ1n) is 3.57. The lowest BCUT2D eigenvalue weighted by Gasteiger charge is -2.20. The minimum atomic E-state index is -0.453. The van der Waals surface area contributed by atoms with E-state index in [1.165, 1.54) is 28.5 Å². The summed E-state index contributed by atoms with van der Waals surface area (Å²) in [7, 11) is 4.83. The summed E-state index contributed by atoms with van der Waals surface area (Å²) in [5.74, 6) is 0.201. The van der Waals surface area contributed by atoms with Gasteiger partial charge < -0.3 is 0 Å². The molecule has 68 valence electrons. The molecule has 0 unspecified atom stereocenters. The van der Waals surface area contributed by atoms with Gasteiger partial charge in [-0.1, -0.05) is 0 Å². The average molecular weight is 205 g/mol. The van der Waals surface area contributed by atoms with Crippen LogP contribution >= 0.6 is 21.6 Å². The second-order valence-corrected chi connectivity index (χ2v) is 5.64. The van der Waals surface area contributed by atoms with E-state index in [1.807, 2.05) is 0 Å². The van der Waals surface area contributed by atoms with Crippen LogP contribution in [0.15, 0.2) is 0 Å². The molecule has 0 amide bonds. The fourth-order valence-corrected chi connectivity index (χ4v) is 3.39. The number of hydrogen-bond donors (Lipinski definition) is 0. The summed E-state index contributed by atoms with van der Waals surface area (Å²) in [5, 5.41) is 0. The van der Waals surface area contributed by atoms with E-state index in [1.54, 1.807) is 18.9 Å². The van der Waals surface area contributed by atoms with Crippen LogP contribution < -0.4 is 0 Å². The molecule has 1 aliphatic heterocycles. The van der Waals surface area contributed by atoms with Crippen LogP contribution in [0, 0.1) is 0 Å². The molecule has 12 heavy (non-hydrogen) atoms. The third-order valence-electron chi connectivity index (χ3n) is 1.65. The van der Waals surface area contributed by atoms with Crippen LogP contribution in [0.25, 0.3) is 0 Å². The second-order valence-electron chi connectivity index (χ2n) is 2.86. The maximum absolute atomic E-state index is 11.2. The number of ketones is 2. The Morgan fingerprint density at radius 2 is 1.83 bits per heavy atom. The van der Waals surface area contributed by atoms with Crippen LogP contribution in [-0.2, 0) is 9.59 Å². The van der Waals surface area contributed by atoms with E-state index >= 15 is 0 Å². The first-order valence-corrected chi connectivity index (χ1v) is 5.72. The van der Waals surface area contributed by atoms with Gasteiger partial charge in [0.15, 0.2) is 9.99 Å².